The number of nitro groups is 1. The van der Waals surface area contributed by atoms with E-state index in [-0.39, 0.29) is 49.7 Å². The number of nitrogens with zero attached hydrogens (tertiary/aromatic N) is 2. The first kappa shape index (κ1) is 43.9. The van der Waals surface area contributed by atoms with Crippen molar-refractivity contribution in [1.29, 1.82) is 0 Å². The van der Waals surface area contributed by atoms with Crippen LogP contribution in [0.15, 0.2) is 24.3 Å². The molecule has 0 heterocycles. The second kappa shape index (κ2) is 30.9. The Balaban J connectivity index is 2.35. The molecule has 1 aromatic carbocycles. The van der Waals surface area contributed by atoms with Gasteiger partial charge in [0, 0.05) is 25.0 Å². The fourth-order valence-electron chi connectivity index (χ4n) is 5.65. The average molecular weight is 691 g/mol. The first-order valence-electron chi connectivity index (χ1n) is 19.4. The lowest BCUT2D eigenvalue weighted by atomic mass is 10.1. The fraction of sp³-hybridized carbons (Fsp3) is 0.769. The highest BCUT2D eigenvalue weighted by Crippen LogP contribution is 2.18. The number of nitro benzene ring substituents is 1. The number of carbonyl (C=O) groups is 3. The zero-order chi connectivity index (χ0) is 35.8. The summed E-state index contributed by atoms with van der Waals surface area (Å²) >= 11 is 0. The van der Waals surface area contributed by atoms with Crippen LogP contribution in [0.1, 0.15) is 168 Å². The van der Waals surface area contributed by atoms with Crippen molar-refractivity contribution in [3.8, 4) is 5.75 Å². The molecule has 0 aliphatic carbocycles. The molecule has 10 nitrogen and oxygen atoms in total. The van der Waals surface area contributed by atoms with Gasteiger partial charge in [-0.25, -0.2) is 4.79 Å². The van der Waals surface area contributed by atoms with E-state index in [4.69, 9.17) is 14.2 Å². The van der Waals surface area contributed by atoms with Crippen molar-refractivity contribution in [1.82, 2.24) is 4.90 Å². The number of non-ortho nitro benzene ring substituents is 1. The molecule has 0 bridgehead atoms. The molecule has 10 heteroatoms. The van der Waals surface area contributed by atoms with Gasteiger partial charge in [0.2, 0.25) is 0 Å². The minimum Gasteiger partial charge on any atom is -0.464 e. The lowest BCUT2D eigenvalue weighted by Crippen LogP contribution is -2.39. The van der Waals surface area contributed by atoms with Gasteiger partial charge in [-0.3, -0.25) is 19.7 Å². The van der Waals surface area contributed by atoms with Crippen molar-refractivity contribution in [3.05, 3.63) is 34.4 Å². The molecule has 0 N–H and O–H groups in total. The Bertz CT molecular complexity index is 957. The van der Waals surface area contributed by atoms with Crippen molar-refractivity contribution in [2.45, 2.75) is 168 Å². The Labute approximate surface area is 296 Å². The highest BCUT2D eigenvalue weighted by molar-refractivity contribution is 5.72. The number of ether oxygens (including phenoxy) is 3. The summed E-state index contributed by atoms with van der Waals surface area (Å²) in [4.78, 5) is 49.3. The Morgan fingerprint density at radius 3 is 1.27 bits per heavy atom. The summed E-state index contributed by atoms with van der Waals surface area (Å²) in [5.41, 5.74) is -0.119. The predicted molar refractivity (Wildman–Crippen MR) is 195 cm³/mol. The van der Waals surface area contributed by atoms with Crippen LogP contribution in [-0.2, 0) is 19.1 Å². The number of unbranched alkanes of at least 4 members (excludes halogenated alkanes) is 20. The number of hydrogen-bond acceptors (Lipinski definition) is 8. The van der Waals surface area contributed by atoms with Crippen molar-refractivity contribution in [3.63, 3.8) is 0 Å². The Morgan fingerprint density at radius 1 is 0.571 bits per heavy atom. The molecule has 0 aliphatic rings. The molecule has 0 aliphatic heterocycles. The summed E-state index contributed by atoms with van der Waals surface area (Å²) in [7, 11) is 0. The number of carbonyl (C=O) groups excluding carboxylic acids is 3. The lowest BCUT2D eigenvalue weighted by molar-refractivity contribution is -0.384. The molecular formula is C39H66N2O8. The highest BCUT2D eigenvalue weighted by atomic mass is 16.6. The summed E-state index contributed by atoms with van der Waals surface area (Å²) < 4.78 is 16.2. The van der Waals surface area contributed by atoms with E-state index in [2.05, 4.69) is 13.8 Å². The van der Waals surface area contributed by atoms with Crippen molar-refractivity contribution in [2.24, 2.45) is 0 Å². The van der Waals surface area contributed by atoms with Crippen LogP contribution >= 0.6 is 0 Å². The maximum absolute atomic E-state index is 12.9. The van der Waals surface area contributed by atoms with Gasteiger partial charge in [0.1, 0.15) is 19.0 Å². The smallest absolute Gasteiger partial charge is 0.415 e. The summed E-state index contributed by atoms with van der Waals surface area (Å²) in [5, 5.41) is 10.9. The number of benzene rings is 1. The third kappa shape index (κ3) is 25.5. The molecular weight excluding hydrogens is 624 g/mol. The van der Waals surface area contributed by atoms with E-state index in [1.165, 1.54) is 132 Å². The van der Waals surface area contributed by atoms with Gasteiger partial charge in [-0.05, 0) is 25.0 Å². The molecule has 0 fully saturated rings. The SMILES string of the molecule is CCCCCCCCCCCCCC(=O)OCCN(CCOC(=O)CCCCCCCCCCCCC)C(=O)Oc1ccc([N+](=O)[O-])cc1. The number of esters is 2. The van der Waals surface area contributed by atoms with Gasteiger partial charge in [-0.15, -0.1) is 0 Å². The maximum Gasteiger partial charge on any atom is 0.415 e. The molecule has 0 aromatic heterocycles. The highest BCUT2D eigenvalue weighted by Gasteiger charge is 2.18. The molecule has 0 unspecified atom stereocenters. The number of amides is 1. The third-order valence-corrected chi connectivity index (χ3v) is 8.73. The Morgan fingerprint density at radius 2 is 0.918 bits per heavy atom. The quantitative estimate of drug-likeness (QED) is 0.0316. The van der Waals surface area contributed by atoms with Crippen LogP contribution in [-0.4, -0.2) is 54.2 Å². The van der Waals surface area contributed by atoms with Gasteiger partial charge < -0.3 is 19.1 Å². The van der Waals surface area contributed by atoms with E-state index in [1.807, 2.05) is 0 Å². The molecule has 0 atom stereocenters. The fourth-order valence-corrected chi connectivity index (χ4v) is 5.65. The van der Waals surface area contributed by atoms with Crippen LogP contribution in [0.2, 0.25) is 0 Å². The summed E-state index contributed by atoms with van der Waals surface area (Å²) in [6.45, 7) is 4.56. The van der Waals surface area contributed by atoms with Gasteiger partial charge in [0.05, 0.1) is 18.0 Å². The van der Waals surface area contributed by atoms with Crippen LogP contribution < -0.4 is 4.74 Å². The third-order valence-electron chi connectivity index (χ3n) is 8.73. The van der Waals surface area contributed by atoms with Gasteiger partial charge in [0.15, 0.2) is 0 Å². The molecule has 0 spiro atoms. The minimum atomic E-state index is -0.725. The van der Waals surface area contributed by atoms with E-state index in [9.17, 15) is 24.5 Å². The van der Waals surface area contributed by atoms with Crippen LogP contribution in [0.4, 0.5) is 10.5 Å². The van der Waals surface area contributed by atoms with Crippen molar-refractivity contribution < 1.29 is 33.5 Å². The van der Waals surface area contributed by atoms with Crippen molar-refractivity contribution in [2.75, 3.05) is 26.3 Å². The van der Waals surface area contributed by atoms with Gasteiger partial charge in [0.25, 0.3) is 5.69 Å². The monoisotopic (exact) mass is 690 g/mol. The van der Waals surface area contributed by atoms with E-state index in [0.29, 0.717) is 12.8 Å². The summed E-state index contributed by atoms with van der Waals surface area (Å²) in [5.74, 6) is -0.474. The zero-order valence-corrected chi connectivity index (χ0v) is 30.8. The van der Waals surface area contributed by atoms with E-state index in [1.54, 1.807) is 0 Å². The van der Waals surface area contributed by atoms with Gasteiger partial charge in [-0.2, -0.15) is 0 Å². The molecule has 280 valence electrons. The zero-order valence-electron chi connectivity index (χ0n) is 30.8. The average Bonchev–Trinajstić information content (AvgIpc) is 3.09. The van der Waals surface area contributed by atoms with Gasteiger partial charge >= 0.3 is 18.0 Å². The Hall–Kier alpha value is -3.17. The maximum atomic E-state index is 12.9. The van der Waals surface area contributed by atoms with Crippen molar-refractivity contribution >= 4 is 23.7 Å². The molecule has 1 aromatic rings. The normalized spacial score (nSPS) is 10.9. The molecule has 49 heavy (non-hydrogen) atoms. The van der Waals surface area contributed by atoms with Crippen LogP contribution in [0.5, 0.6) is 5.75 Å². The van der Waals surface area contributed by atoms with E-state index >= 15 is 0 Å². The number of hydrogen-bond donors (Lipinski definition) is 0. The standard InChI is InChI=1S/C39H66N2O8/c1-3-5-7-9-11-13-15-17-19-21-23-25-37(42)47-33-31-40(39(44)49-36-29-27-35(28-30-36)41(45)46)32-34-48-38(43)26-24-22-20-18-16-14-12-10-8-6-4-2/h27-30H,3-26,31-34H2,1-2H3. The first-order valence-corrected chi connectivity index (χ1v) is 19.4. The van der Waals surface area contributed by atoms with E-state index < -0.39 is 11.0 Å². The molecule has 0 radical (unpaired) electrons. The van der Waals surface area contributed by atoms with Crippen LogP contribution in [0, 0.1) is 10.1 Å². The number of rotatable bonds is 32. The molecule has 0 saturated heterocycles. The topological polar surface area (TPSA) is 125 Å². The van der Waals surface area contributed by atoms with Crippen LogP contribution in [0.3, 0.4) is 0 Å². The molecule has 1 amide bonds. The lowest BCUT2D eigenvalue weighted by Gasteiger charge is -2.21. The second-order valence-corrected chi connectivity index (χ2v) is 13.1. The van der Waals surface area contributed by atoms with Crippen LogP contribution in [0.25, 0.3) is 0 Å². The summed E-state index contributed by atoms with van der Waals surface area (Å²) in [6.07, 6.45) is 26.3. The Kier molecular flexibility index (Phi) is 27.6. The summed E-state index contributed by atoms with van der Waals surface area (Å²) in [6, 6.07) is 5.19. The second-order valence-electron chi connectivity index (χ2n) is 13.1. The molecule has 0 saturated carbocycles. The predicted octanol–water partition coefficient (Wildman–Crippen LogP) is 10.9. The minimum absolute atomic E-state index is 0.0150. The van der Waals surface area contributed by atoms with E-state index in [0.717, 1.165) is 38.5 Å². The largest absolute Gasteiger partial charge is 0.464 e. The first-order chi connectivity index (χ1) is 23.9. The van der Waals surface area contributed by atoms with Gasteiger partial charge in [-0.1, -0.05) is 142 Å². The molecule has 1 rings (SSSR count).